The van der Waals surface area contributed by atoms with E-state index >= 15 is 0 Å². The van der Waals surface area contributed by atoms with Gasteiger partial charge in [-0.3, -0.25) is 14.3 Å². The second kappa shape index (κ2) is 14.3. The Labute approximate surface area is 287 Å². The molecule has 260 valence electrons. The van der Waals surface area contributed by atoms with E-state index in [9.17, 15) is 28.0 Å². The predicted octanol–water partition coefficient (Wildman–Crippen LogP) is 5.88. The fraction of sp³-hybridized carbons (Fsp3) is 0.378. The van der Waals surface area contributed by atoms with Crippen LogP contribution < -0.4 is 10.5 Å². The van der Waals surface area contributed by atoms with Crippen molar-refractivity contribution in [1.29, 1.82) is 5.26 Å². The molecule has 2 aromatic carbocycles. The van der Waals surface area contributed by atoms with E-state index in [2.05, 4.69) is 30.2 Å². The average molecular weight is 687 g/mol. The number of rotatable bonds is 11. The third-order valence-corrected chi connectivity index (χ3v) is 9.40. The van der Waals surface area contributed by atoms with Crippen LogP contribution in [0.2, 0.25) is 0 Å². The molecule has 0 aliphatic heterocycles. The van der Waals surface area contributed by atoms with Crippen molar-refractivity contribution in [3.05, 3.63) is 106 Å². The van der Waals surface area contributed by atoms with E-state index in [0.29, 0.717) is 29.3 Å². The normalized spacial score (nSPS) is 16.5. The predicted molar refractivity (Wildman–Crippen MR) is 179 cm³/mol. The third kappa shape index (κ3) is 7.21. The van der Waals surface area contributed by atoms with Crippen LogP contribution >= 0.6 is 0 Å². The molecule has 13 heteroatoms. The number of nitriles is 1. The van der Waals surface area contributed by atoms with E-state index in [1.54, 1.807) is 42.1 Å². The second-order valence-electron chi connectivity index (χ2n) is 13.3. The number of carbonyl (C=O) groups excluding carboxylic acids is 1. The Morgan fingerprint density at radius 3 is 2.48 bits per heavy atom. The van der Waals surface area contributed by atoms with Crippen molar-refractivity contribution in [2.45, 2.75) is 63.6 Å². The highest BCUT2D eigenvalue weighted by atomic mass is 19.4. The van der Waals surface area contributed by atoms with Crippen LogP contribution in [0.4, 0.5) is 13.2 Å². The molecule has 1 saturated carbocycles. The van der Waals surface area contributed by atoms with Gasteiger partial charge in [0.05, 0.1) is 66.4 Å². The van der Waals surface area contributed by atoms with Gasteiger partial charge in [0, 0.05) is 19.4 Å². The van der Waals surface area contributed by atoms with Crippen molar-refractivity contribution in [1.82, 2.24) is 24.1 Å². The first kappa shape index (κ1) is 34.6. The molecule has 1 aliphatic rings. The molecular weight excluding hydrogens is 647 g/mol. The lowest BCUT2D eigenvalue weighted by atomic mass is 9.79. The fourth-order valence-corrected chi connectivity index (χ4v) is 6.94. The number of aromatic nitrogens is 5. The zero-order chi connectivity index (χ0) is 35.6. The van der Waals surface area contributed by atoms with Crippen molar-refractivity contribution in [3.8, 4) is 28.8 Å². The van der Waals surface area contributed by atoms with Crippen molar-refractivity contribution >= 4 is 5.78 Å². The van der Waals surface area contributed by atoms with E-state index in [1.165, 1.54) is 27.9 Å². The summed E-state index contributed by atoms with van der Waals surface area (Å²) in [6.45, 7) is 0.780. The van der Waals surface area contributed by atoms with Crippen LogP contribution in [0.1, 0.15) is 84.0 Å². The molecule has 5 aromatic rings. The molecule has 0 amide bonds. The van der Waals surface area contributed by atoms with Gasteiger partial charge in [-0.2, -0.15) is 23.5 Å². The average Bonchev–Trinajstić information content (AvgIpc) is 3.82. The van der Waals surface area contributed by atoms with Crippen molar-refractivity contribution in [2.75, 3.05) is 14.1 Å². The van der Waals surface area contributed by atoms with Gasteiger partial charge in [-0.1, -0.05) is 12.5 Å². The van der Waals surface area contributed by atoms with Crippen LogP contribution in [-0.4, -0.2) is 44.0 Å². The summed E-state index contributed by atoms with van der Waals surface area (Å²) in [6.07, 6.45) is 4.08. The zero-order valence-electron chi connectivity index (χ0n) is 28.2. The Morgan fingerprint density at radius 2 is 1.80 bits per heavy atom. The highest BCUT2D eigenvalue weighted by molar-refractivity contribution is 6.01. The van der Waals surface area contributed by atoms with Crippen molar-refractivity contribution in [2.24, 2.45) is 13.0 Å². The molecule has 6 rings (SSSR count). The minimum atomic E-state index is -4.62. The minimum absolute atomic E-state index is 0.0186. The number of carbonyl (C=O) groups is 1. The molecule has 3 heterocycles. The summed E-state index contributed by atoms with van der Waals surface area (Å²) in [6, 6.07) is 14.8. The molecule has 1 fully saturated rings. The van der Waals surface area contributed by atoms with Gasteiger partial charge >= 0.3 is 6.18 Å². The van der Waals surface area contributed by atoms with Crippen molar-refractivity contribution in [3.63, 3.8) is 0 Å². The fourth-order valence-electron chi connectivity index (χ4n) is 6.94. The summed E-state index contributed by atoms with van der Waals surface area (Å²) in [5.41, 5.74) is -0.0732. The monoisotopic (exact) mass is 686 g/mol. The summed E-state index contributed by atoms with van der Waals surface area (Å²) >= 11 is 0. The number of halogens is 3. The van der Waals surface area contributed by atoms with Gasteiger partial charge in [-0.25, -0.2) is 14.3 Å². The van der Waals surface area contributed by atoms with Gasteiger partial charge in [-0.05, 0) is 86.6 Å². The van der Waals surface area contributed by atoms with Gasteiger partial charge in [0.15, 0.2) is 17.4 Å². The largest absolute Gasteiger partial charge is 0.439 e. The number of Topliss-reactive ketones (excluding diaryl/α,β-unsaturated/α-hetero) is 1. The van der Waals surface area contributed by atoms with Crippen LogP contribution in [-0.2, 0) is 19.8 Å². The number of nitrogens with zero attached hydrogens (tertiary/aromatic N) is 6. The summed E-state index contributed by atoms with van der Waals surface area (Å²) in [4.78, 5) is 33.9. The number of ketones is 1. The lowest BCUT2D eigenvalue weighted by Crippen LogP contribution is -3.04. The van der Waals surface area contributed by atoms with Crippen LogP contribution in [0.15, 0.2) is 76.2 Å². The number of alkyl halides is 3. The lowest BCUT2D eigenvalue weighted by Gasteiger charge is -2.26. The number of benzene rings is 2. The van der Waals surface area contributed by atoms with Crippen LogP contribution in [0.3, 0.4) is 0 Å². The van der Waals surface area contributed by atoms with E-state index in [-0.39, 0.29) is 35.1 Å². The molecule has 10 nitrogen and oxygen atoms in total. The highest BCUT2D eigenvalue weighted by Crippen LogP contribution is 2.38. The standard InChI is InChI=1S/C37H38F3N7O3/c1-44(2)23-30-22-42-35(50-30)26-14-10-24(11-15-26)6-4-9-32(48)33-34(31-18-19-43-46(31)28-16-12-25(21-41)13-17-28)45(3)47(36(33)49)29-8-5-7-27(20-29)37(38,39)40/h5,7-8,12-13,16-20,22,24,26H,4,6,9-11,14-15,23H2,1-3H3/p+1. The van der Waals surface area contributed by atoms with Crippen LogP contribution in [0.5, 0.6) is 0 Å². The Hall–Kier alpha value is -5.22. The Kier molecular flexibility index (Phi) is 9.93. The molecule has 0 spiro atoms. The third-order valence-electron chi connectivity index (χ3n) is 9.40. The number of oxazole rings is 1. The first-order valence-electron chi connectivity index (χ1n) is 16.8. The maximum Gasteiger partial charge on any atom is 0.416 e. The summed E-state index contributed by atoms with van der Waals surface area (Å²) in [5, 5.41) is 13.7. The maximum absolute atomic E-state index is 14.1. The molecule has 50 heavy (non-hydrogen) atoms. The van der Waals surface area contributed by atoms with Crippen LogP contribution in [0, 0.1) is 17.2 Å². The van der Waals surface area contributed by atoms with Gasteiger partial charge < -0.3 is 9.32 Å². The van der Waals surface area contributed by atoms with E-state index in [1.807, 2.05) is 6.20 Å². The molecule has 1 N–H and O–H groups in total. The topological polar surface area (TPSA) is 116 Å². The molecule has 0 bridgehead atoms. The van der Waals surface area contributed by atoms with E-state index in [4.69, 9.17) is 4.42 Å². The number of quaternary nitrogens is 1. The SMILES string of the molecule is Cn1c(-c2ccnn2-c2ccc(C#N)cc2)c(C(=O)CCCC2CCC(c3ncc(C[NH+](C)C)o3)CC2)c(=O)n1-c1cccc(C(F)(F)F)c1. The lowest BCUT2D eigenvalue weighted by molar-refractivity contribution is -0.873. The first-order chi connectivity index (χ1) is 23.9. The minimum Gasteiger partial charge on any atom is -0.439 e. The number of nitrogens with one attached hydrogen (secondary N) is 1. The van der Waals surface area contributed by atoms with Gasteiger partial charge in [0.2, 0.25) is 0 Å². The Balaban J connectivity index is 1.25. The van der Waals surface area contributed by atoms with E-state index in [0.717, 1.165) is 67.1 Å². The smallest absolute Gasteiger partial charge is 0.416 e. The molecule has 0 unspecified atom stereocenters. The van der Waals surface area contributed by atoms with E-state index < -0.39 is 17.3 Å². The molecular formula is C37H39F3N7O3+. The van der Waals surface area contributed by atoms with Gasteiger partial charge in [0.25, 0.3) is 5.56 Å². The molecule has 1 aliphatic carbocycles. The molecule has 3 aromatic heterocycles. The molecule has 0 saturated heterocycles. The first-order valence-corrected chi connectivity index (χ1v) is 16.8. The zero-order valence-corrected chi connectivity index (χ0v) is 28.2. The van der Waals surface area contributed by atoms with Gasteiger partial charge in [-0.15, -0.1) is 0 Å². The van der Waals surface area contributed by atoms with Crippen LogP contribution in [0.25, 0.3) is 22.8 Å². The maximum atomic E-state index is 14.1. The molecule has 0 atom stereocenters. The number of hydrogen-bond donors (Lipinski definition) is 1. The second-order valence-corrected chi connectivity index (χ2v) is 13.3. The Morgan fingerprint density at radius 1 is 1.06 bits per heavy atom. The highest BCUT2D eigenvalue weighted by Gasteiger charge is 2.33. The molecule has 0 radical (unpaired) electrons. The van der Waals surface area contributed by atoms with Gasteiger partial charge in [0.1, 0.15) is 12.1 Å². The number of hydrogen-bond acceptors (Lipinski definition) is 6. The summed E-state index contributed by atoms with van der Waals surface area (Å²) in [5.74, 6) is 2.00. The van der Waals surface area contributed by atoms with Crippen molar-refractivity contribution < 1.29 is 27.3 Å². The quantitative estimate of drug-likeness (QED) is 0.174. The summed E-state index contributed by atoms with van der Waals surface area (Å²) < 4.78 is 51.1. The Bertz CT molecular complexity index is 2070. The summed E-state index contributed by atoms with van der Waals surface area (Å²) in [7, 11) is 5.67.